The number of allylic oxidation sites excluding steroid dienone is 1. The summed E-state index contributed by atoms with van der Waals surface area (Å²) in [4.78, 5) is 27.0. The zero-order chi connectivity index (χ0) is 15.0. The van der Waals surface area contributed by atoms with Crippen molar-refractivity contribution in [2.75, 3.05) is 20.8 Å². The minimum absolute atomic E-state index is 0.0761. The molecule has 0 aromatic rings. The number of carbonyl (C=O) groups excluding carboxylic acids is 2. The zero-order valence-corrected chi connectivity index (χ0v) is 12.8. The standard InChI is InChI=1S/C16H23NO4/c1-20-14(18)10-16(15(19)21-2)11-6-3-4-7-12(11)17-9-5-8-13(16)17/h13H,3-10H2,1-2H3. The molecule has 0 radical (unpaired) electrons. The van der Waals surface area contributed by atoms with Crippen LogP contribution < -0.4 is 0 Å². The molecule has 0 amide bonds. The first kappa shape index (κ1) is 14.4. The molecule has 1 aliphatic carbocycles. The lowest BCUT2D eigenvalue weighted by molar-refractivity contribution is -0.159. The van der Waals surface area contributed by atoms with Gasteiger partial charge >= 0.3 is 11.9 Å². The van der Waals surface area contributed by atoms with Crippen molar-refractivity contribution < 1.29 is 19.1 Å². The molecule has 0 bridgehead atoms. The Labute approximate surface area is 125 Å². The van der Waals surface area contributed by atoms with Gasteiger partial charge < -0.3 is 14.4 Å². The highest BCUT2D eigenvalue weighted by molar-refractivity contribution is 5.88. The average molecular weight is 293 g/mol. The van der Waals surface area contributed by atoms with E-state index >= 15 is 0 Å². The second kappa shape index (κ2) is 5.35. The Bertz CT molecular complexity index is 499. The summed E-state index contributed by atoms with van der Waals surface area (Å²) in [5, 5.41) is 0. The van der Waals surface area contributed by atoms with Gasteiger partial charge in [0.25, 0.3) is 0 Å². The van der Waals surface area contributed by atoms with Gasteiger partial charge in [0, 0.05) is 18.3 Å². The third-order valence-electron chi connectivity index (χ3n) is 5.35. The quantitative estimate of drug-likeness (QED) is 0.745. The molecule has 2 unspecified atom stereocenters. The maximum absolute atomic E-state index is 12.7. The predicted octanol–water partition coefficient (Wildman–Crippen LogP) is 2.01. The van der Waals surface area contributed by atoms with E-state index in [1.165, 1.54) is 19.9 Å². The molecule has 0 saturated carbocycles. The molecule has 0 aromatic heterocycles. The molecule has 116 valence electrons. The maximum atomic E-state index is 12.7. The van der Waals surface area contributed by atoms with Crippen molar-refractivity contribution in [3.63, 3.8) is 0 Å². The second-order valence-electron chi connectivity index (χ2n) is 6.20. The molecule has 21 heavy (non-hydrogen) atoms. The van der Waals surface area contributed by atoms with E-state index in [-0.39, 0.29) is 24.4 Å². The van der Waals surface area contributed by atoms with Crippen LogP contribution in [0.5, 0.6) is 0 Å². The van der Waals surface area contributed by atoms with Crippen LogP contribution in [-0.4, -0.2) is 43.6 Å². The molecule has 0 N–H and O–H groups in total. The third-order valence-corrected chi connectivity index (χ3v) is 5.35. The van der Waals surface area contributed by atoms with Crippen LogP contribution in [0.4, 0.5) is 0 Å². The Morgan fingerprint density at radius 3 is 2.67 bits per heavy atom. The molecule has 1 saturated heterocycles. The van der Waals surface area contributed by atoms with Crippen molar-refractivity contribution in [3.8, 4) is 0 Å². The first-order valence-corrected chi connectivity index (χ1v) is 7.79. The van der Waals surface area contributed by atoms with E-state index in [9.17, 15) is 9.59 Å². The number of hydrogen-bond donors (Lipinski definition) is 0. The molecule has 2 heterocycles. The molecule has 3 aliphatic rings. The summed E-state index contributed by atoms with van der Waals surface area (Å²) in [6.45, 7) is 0.990. The highest BCUT2D eigenvalue weighted by Gasteiger charge is 2.60. The third kappa shape index (κ3) is 1.97. The summed E-state index contributed by atoms with van der Waals surface area (Å²) in [6.07, 6.45) is 6.29. The van der Waals surface area contributed by atoms with Crippen molar-refractivity contribution in [1.82, 2.24) is 4.90 Å². The van der Waals surface area contributed by atoms with Gasteiger partial charge in [-0.2, -0.15) is 0 Å². The Balaban J connectivity index is 2.09. The van der Waals surface area contributed by atoms with Crippen LogP contribution in [0.3, 0.4) is 0 Å². The lowest BCUT2D eigenvalue weighted by Crippen LogP contribution is -2.46. The minimum atomic E-state index is -0.811. The lowest BCUT2D eigenvalue weighted by atomic mass is 9.69. The van der Waals surface area contributed by atoms with Gasteiger partial charge in [-0.3, -0.25) is 9.59 Å². The molecule has 5 heteroatoms. The fourth-order valence-corrected chi connectivity index (χ4v) is 4.53. The van der Waals surface area contributed by atoms with Crippen LogP contribution in [0.2, 0.25) is 0 Å². The van der Waals surface area contributed by atoms with Crippen molar-refractivity contribution in [2.24, 2.45) is 5.41 Å². The highest BCUT2D eigenvalue weighted by Crippen LogP contribution is 2.55. The summed E-state index contributed by atoms with van der Waals surface area (Å²) < 4.78 is 10.0. The van der Waals surface area contributed by atoms with Crippen molar-refractivity contribution in [1.29, 1.82) is 0 Å². The van der Waals surface area contributed by atoms with Crippen LogP contribution in [-0.2, 0) is 19.1 Å². The Kier molecular flexibility index (Phi) is 3.68. The van der Waals surface area contributed by atoms with E-state index in [4.69, 9.17) is 9.47 Å². The molecule has 2 atom stereocenters. The molecular weight excluding hydrogens is 270 g/mol. The first-order valence-electron chi connectivity index (χ1n) is 7.79. The SMILES string of the molecule is COC(=O)CC1(C(=O)OC)C2=C(CCCC2)N2CCCC21. The van der Waals surface area contributed by atoms with E-state index < -0.39 is 5.41 Å². The fraction of sp³-hybridized carbons (Fsp3) is 0.750. The van der Waals surface area contributed by atoms with Gasteiger partial charge in [0.15, 0.2) is 0 Å². The number of nitrogens with zero attached hydrogens (tertiary/aromatic N) is 1. The monoisotopic (exact) mass is 293 g/mol. The van der Waals surface area contributed by atoms with Crippen molar-refractivity contribution in [2.45, 2.75) is 51.0 Å². The molecular formula is C16H23NO4. The van der Waals surface area contributed by atoms with Gasteiger partial charge in [-0.05, 0) is 44.1 Å². The fourth-order valence-electron chi connectivity index (χ4n) is 4.53. The minimum Gasteiger partial charge on any atom is -0.469 e. The largest absolute Gasteiger partial charge is 0.469 e. The summed E-state index contributed by atoms with van der Waals surface area (Å²) >= 11 is 0. The number of methoxy groups -OCH3 is 2. The van der Waals surface area contributed by atoms with Gasteiger partial charge in [0.1, 0.15) is 5.41 Å². The van der Waals surface area contributed by atoms with E-state index in [1.807, 2.05) is 0 Å². The van der Waals surface area contributed by atoms with Gasteiger partial charge in [0.05, 0.1) is 20.6 Å². The number of carbonyl (C=O) groups is 2. The van der Waals surface area contributed by atoms with Crippen LogP contribution >= 0.6 is 0 Å². The summed E-state index contributed by atoms with van der Waals surface area (Å²) in [7, 11) is 2.80. The van der Waals surface area contributed by atoms with Crippen LogP contribution in [0, 0.1) is 5.41 Å². The summed E-state index contributed by atoms with van der Waals surface area (Å²) in [5.41, 5.74) is 1.64. The normalized spacial score (nSPS) is 31.0. The first-order chi connectivity index (χ1) is 10.1. The zero-order valence-electron chi connectivity index (χ0n) is 12.8. The predicted molar refractivity (Wildman–Crippen MR) is 76.3 cm³/mol. The Morgan fingerprint density at radius 2 is 1.95 bits per heavy atom. The van der Waals surface area contributed by atoms with Crippen LogP contribution in [0.1, 0.15) is 44.9 Å². The lowest BCUT2D eigenvalue weighted by Gasteiger charge is -2.34. The topological polar surface area (TPSA) is 55.8 Å². The van der Waals surface area contributed by atoms with Crippen molar-refractivity contribution in [3.05, 3.63) is 11.3 Å². The summed E-state index contributed by atoms with van der Waals surface area (Å²) in [5.74, 6) is -0.594. The number of ether oxygens (including phenoxy) is 2. The van der Waals surface area contributed by atoms with Gasteiger partial charge in [-0.15, -0.1) is 0 Å². The molecule has 3 rings (SSSR count). The van der Waals surface area contributed by atoms with Gasteiger partial charge in [0.2, 0.25) is 0 Å². The smallest absolute Gasteiger partial charge is 0.318 e. The average Bonchev–Trinajstić information content (AvgIpc) is 3.09. The van der Waals surface area contributed by atoms with Crippen LogP contribution in [0.15, 0.2) is 11.3 Å². The van der Waals surface area contributed by atoms with E-state index in [0.29, 0.717) is 0 Å². The molecule has 0 spiro atoms. The molecule has 2 aliphatic heterocycles. The Hall–Kier alpha value is -1.52. The highest BCUT2D eigenvalue weighted by atomic mass is 16.5. The molecule has 0 aromatic carbocycles. The van der Waals surface area contributed by atoms with Gasteiger partial charge in [-0.25, -0.2) is 0 Å². The maximum Gasteiger partial charge on any atom is 0.318 e. The Morgan fingerprint density at radius 1 is 1.19 bits per heavy atom. The van der Waals surface area contributed by atoms with E-state index in [2.05, 4.69) is 4.90 Å². The van der Waals surface area contributed by atoms with Crippen LogP contribution in [0.25, 0.3) is 0 Å². The number of hydrogen-bond acceptors (Lipinski definition) is 5. The second-order valence-corrected chi connectivity index (χ2v) is 6.20. The number of fused-ring (bicyclic) bond motifs is 2. The van der Waals surface area contributed by atoms with E-state index in [0.717, 1.165) is 50.6 Å². The molecule has 1 fully saturated rings. The number of esters is 2. The van der Waals surface area contributed by atoms with Crippen molar-refractivity contribution >= 4 is 11.9 Å². The summed E-state index contributed by atoms with van der Waals surface area (Å²) in [6, 6.07) is 0.0761. The van der Waals surface area contributed by atoms with E-state index in [1.54, 1.807) is 0 Å². The number of rotatable bonds is 3. The van der Waals surface area contributed by atoms with Gasteiger partial charge in [-0.1, -0.05) is 0 Å². The molecule has 5 nitrogen and oxygen atoms in total.